The van der Waals surface area contributed by atoms with Crippen molar-refractivity contribution in [3.8, 4) is 0 Å². The Balaban J connectivity index is 2.05. The van der Waals surface area contributed by atoms with Gasteiger partial charge in [0.25, 0.3) is 0 Å². The third-order valence-electron chi connectivity index (χ3n) is 2.96. The van der Waals surface area contributed by atoms with Crippen molar-refractivity contribution in [2.75, 3.05) is 7.05 Å². The van der Waals surface area contributed by atoms with Crippen molar-refractivity contribution in [3.05, 3.63) is 35.4 Å². The molecule has 17 heavy (non-hydrogen) atoms. The summed E-state index contributed by atoms with van der Waals surface area (Å²) in [5.74, 6) is -0.148. The van der Waals surface area contributed by atoms with Gasteiger partial charge in [0.1, 0.15) is 6.29 Å². The van der Waals surface area contributed by atoms with Crippen molar-refractivity contribution in [1.82, 2.24) is 4.90 Å². The highest BCUT2D eigenvalue weighted by atomic mass is 16.6. The quantitative estimate of drug-likeness (QED) is 0.585. The van der Waals surface area contributed by atoms with E-state index in [-0.39, 0.29) is 12.2 Å². The molecule has 90 valence electrons. The van der Waals surface area contributed by atoms with E-state index in [1.807, 2.05) is 30.1 Å². The third-order valence-corrected chi connectivity index (χ3v) is 2.96. The largest absolute Gasteiger partial charge is 0.446 e. The van der Waals surface area contributed by atoms with Gasteiger partial charge in [-0.3, -0.25) is 14.5 Å². The van der Waals surface area contributed by atoms with Crippen molar-refractivity contribution in [1.29, 1.82) is 0 Å². The molecule has 1 unspecified atom stereocenters. The SMILES string of the molecule is CN(Cc1ccccc1C=O)C1CCC(=O)O1. The molecular weight excluding hydrogens is 218 g/mol. The number of esters is 1. The first-order valence-electron chi connectivity index (χ1n) is 5.63. The van der Waals surface area contributed by atoms with Crippen LogP contribution in [-0.4, -0.2) is 30.4 Å². The van der Waals surface area contributed by atoms with Crippen LogP contribution in [0.2, 0.25) is 0 Å². The smallest absolute Gasteiger partial charge is 0.307 e. The molecule has 1 aliphatic heterocycles. The Hall–Kier alpha value is -1.68. The fraction of sp³-hybridized carbons (Fsp3) is 0.385. The summed E-state index contributed by atoms with van der Waals surface area (Å²) in [6.45, 7) is 0.604. The van der Waals surface area contributed by atoms with Crippen LogP contribution in [0.1, 0.15) is 28.8 Å². The van der Waals surface area contributed by atoms with Crippen molar-refractivity contribution in [2.24, 2.45) is 0 Å². The molecule has 1 aliphatic rings. The van der Waals surface area contributed by atoms with Crippen molar-refractivity contribution < 1.29 is 14.3 Å². The molecule has 1 aromatic rings. The Bertz CT molecular complexity index is 430. The first-order valence-corrected chi connectivity index (χ1v) is 5.63. The molecule has 1 fully saturated rings. The number of nitrogens with zero attached hydrogens (tertiary/aromatic N) is 1. The van der Waals surface area contributed by atoms with Gasteiger partial charge in [0, 0.05) is 18.5 Å². The molecule has 0 bridgehead atoms. The molecule has 2 rings (SSSR count). The van der Waals surface area contributed by atoms with Crippen molar-refractivity contribution in [3.63, 3.8) is 0 Å². The molecule has 0 N–H and O–H groups in total. The van der Waals surface area contributed by atoms with Crippen LogP contribution in [0, 0.1) is 0 Å². The summed E-state index contributed by atoms with van der Waals surface area (Å²) in [5, 5.41) is 0. The summed E-state index contributed by atoms with van der Waals surface area (Å²) in [5.41, 5.74) is 1.64. The topological polar surface area (TPSA) is 46.6 Å². The first kappa shape index (κ1) is 11.8. The number of hydrogen-bond acceptors (Lipinski definition) is 4. The number of cyclic esters (lactones) is 1. The number of aldehydes is 1. The lowest BCUT2D eigenvalue weighted by Gasteiger charge is -2.23. The van der Waals surface area contributed by atoms with Crippen LogP contribution in [-0.2, 0) is 16.1 Å². The maximum atomic E-state index is 11.0. The van der Waals surface area contributed by atoms with E-state index < -0.39 is 0 Å². The van der Waals surface area contributed by atoms with Crippen LogP contribution in [0.15, 0.2) is 24.3 Å². The summed E-state index contributed by atoms with van der Waals surface area (Å²) in [6, 6.07) is 7.44. The third kappa shape index (κ3) is 2.71. The van der Waals surface area contributed by atoms with Crippen LogP contribution in [0.5, 0.6) is 0 Å². The average Bonchev–Trinajstić information content (AvgIpc) is 2.77. The minimum atomic E-state index is -0.165. The van der Waals surface area contributed by atoms with Gasteiger partial charge in [-0.1, -0.05) is 24.3 Å². The summed E-state index contributed by atoms with van der Waals surface area (Å²) in [7, 11) is 1.89. The lowest BCUT2D eigenvalue weighted by atomic mass is 10.1. The predicted molar refractivity (Wildman–Crippen MR) is 62.4 cm³/mol. The number of ether oxygens (including phenoxy) is 1. The zero-order valence-corrected chi connectivity index (χ0v) is 9.76. The fourth-order valence-electron chi connectivity index (χ4n) is 1.98. The summed E-state index contributed by atoms with van der Waals surface area (Å²) >= 11 is 0. The zero-order chi connectivity index (χ0) is 12.3. The zero-order valence-electron chi connectivity index (χ0n) is 9.76. The molecule has 0 spiro atoms. The standard InChI is InChI=1S/C13H15NO3/c1-14(12-6-7-13(16)17-12)8-10-4-2-3-5-11(10)9-15/h2-5,9,12H,6-8H2,1H3. The minimum absolute atomic E-state index is 0.148. The van der Waals surface area contributed by atoms with Crippen LogP contribution in [0.4, 0.5) is 0 Å². The molecule has 0 amide bonds. The fourth-order valence-corrected chi connectivity index (χ4v) is 1.98. The number of carbonyl (C=O) groups excluding carboxylic acids is 2. The van der Waals surface area contributed by atoms with E-state index in [9.17, 15) is 9.59 Å². The Morgan fingerprint density at radius 2 is 2.24 bits per heavy atom. The maximum Gasteiger partial charge on any atom is 0.307 e. The van der Waals surface area contributed by atoms with Gasteiger partial charge in [-0.15, -0.1) is 0 Å². The van der Waals surface area contributed by atoms with Crippen LogP contribution in [0.3, 0.4) is 0 Å². The van der Waals surface area contributed by atoms with Gasteiger partial charge in [-0.25, -0.2) is 0 Å². The Labute approximate surface area is 100 Å². The monoisotopic (exact) mass is 233 g/mol. The van der Waals surface area contributed by atoms with Crippen LogP contribution in [0.25, 0.3) is 0 Å². The summed E-state index contributed by atoms with van der Waals surface area (Å²) in [4.78, 5) is 23.9. The normalized spacial score (nSPS) is 19.4. The molecule has 1 heterocycles. The van der Waals surface area contributed by atoms with E-state index in [2.05, 4.69) is 0 Å². The highest BCUT2D eigenvalue weighted by Crippen LogP contribution is 2.19. The van der Waals surface area contributed by atoms with Crippen LogP contribution < -0.4 is 0 Å². The van der Waals surface area contributed by atoms with Gasteiger partial charge in [-0.2, -0.15) is 0 Å². The van der Waals surface area contributed by atoms with Gasteiger partial charge in [0.2, 0.25) is 0 Å². The van der Waals surface area contributed by atoms with E-state index in [0.29, 0.717) is 18.5 Å². The Kier molecular flexibility index (Phi) is 3.54. The summed E-state index contributed by atoms with van der Waals surface area (Å²) < 4.78 is 5.17. The van der Waals surface area contributed by atoms with E-state index in [1.165, 1.54) is 0 Å². The lowest BCUT2D eigenvalue weighted by Crippen LogP contribution is -2.31. The van der Waals surface area contributed by atoms with E-state index in [0.717, 1.165) is 18.3 Å². The second-order valence-corrected chi connectivity index (χ2v) is 4.21. The molecule has 0 radical (unpaired) electrons. The Morgan fingerprint density at radius 3 is 2.88 bits per heavy atom. The van der Waals surface area contributed by atoms with E-state index in [1.54, 1.807) is 6.07 Å². The van der Waals surface area contributed by atoms with Crippen LogP contribution >= 0.6 is 0 Å². The van der Waals surface area contributed by atoms with Gasteiger partial charge < -0.3 is 4.74 Å². The highest BCUT2D eigenvalue weighted by Gasteiger charge is 2.26. The highest BCUT2D eigenvalue weighted by molar-refractivity contribution is 5.77. The molecule has 1 aromatic carbocycles. The molecule has 1 atom stereocenters. The Morgan fingerprint density at radius 1 is 1.47 bits per heavy atom. The van der Waals surface area contributed by atoms with E-state index in [4.69, 9.17) is 4.74 Å². The molecule has 0 aliphatic carbocycles. The van der Waals surface area contributed by atoms with E-state index >= 15 is 0 Å². The second-order valence-electron chi connectivity index (χ2n) is 4.21. The first-order chi connectivity index (χ1) is 8.20. The molecule has 0 aromatic heterocycles. The molecule has 4 heteroatoms. The lowest BCUT2D eigenvalue weighted by molar-refractivity contribution is -0.147. The van der Waals surface area contributed by atoms with Crippen molar-refractivity contribution in [2.45, 2.75) is 25.6 Å². The number of hydrogen-bond donors (Lipinski definition) is 0. The number of rotatable bonds is 4. The molecule has 0 saturated carbocycles. The maximum absolute atomic E-state index is 11.0. The second kappa shape index (κ2) is 5.10. The van der Waals surface area contributed by atoms with Crippen molar-refractivity contribution >= 4 is 12.3 Å². The van der Waals surface area contributed by atoms with Gasteiger partial charge >= 0.3 is 5.97 Å². The van der Waals surface area contributed by atoms with Gasteiger partial charge in [0.05, 0.1) is 6.42 Å². The minimum Gasteiger partial charge on any atom is -0.446 e. The average molecular weight is 233 g/mol. The van der Waals surface area contributed by atoms with Gasteiger partial charge in [0.15, 0.2) is 6.23 Å². The molecule has 4 nitrogen and oxygen atoms in total. The number of benzene rings is 1. The summed E-state index contributed by atoms with van der Waals surface area (Å²) in [6.07, 6.45) is 1.88. The molecule has 1 saturated heterocycles. The van der Waals surface area contributed by atoms with Gasteiger partial charge in [-0.05, 0) is 12.6 Å². The predicted octanol–water partition coefficient (Wildman–Crippen LogP) is 1.59. The number of carbonyl (C=O) groups is 2. The molecular formula is C13H15NO3.